The highest BCUT2D eigenvalue weighted by Gasteiger charge is 2.08. The summed E-state index contributed by atoms with van der Waals surface area (Å²) < 4.78 is 6.96. The molecule has 3 aromatic carbocycles. The van der Waals surface area contributed by atoms with Crippen LogP contribution in [0.25, 0.3) is 0 Å². The number of hydrogen-bond acceptors (Lipinski definition) is 2. The molecule has 0 aliphatic rings. The first kappa shape index (κ1) is 14.7. The molecule has 0 aliphatic carbocycles. The van der Waals surface area contributed by atoms with E-state index in [4.69, 9.17) is 10.5 Å². The van der Waals surface area contributed by atoms with Crippen molar-refractivity contribution in [3.05, 3.63) is 88.4 Å². The molecule has 0 aromatic heterocycles. The van der Waals surface area contributed by atoms with Crippen molar-refractivity contribution in [1.29, 1.82) is 0 Å². The van der Waals surface area contributed by atoms with Crippen LogP contribution in [-0.4, -0.2) is 0 Å². The van der Waals surface area contributed by atoms with Crippen molar-refractivity contribution in [3.8, 4) is 11.5 Å². The van der Waals surface area contributed by atoms with E-state index in [0.717, 1.165) is 22.2 Å². The molecule has 110 valence electrons. The summed E-state index contributed by atoms with van der Waals surface area (Å²) in [5.74, 6) is 1.50. The minimum atomic E-state index is 0.615. The Morgan fingerprint density at radius 2 is 1.55 bits per heavy atom. The fourth-order valence-corrected chi connectivity index (χ4v) is 2.67. The van der Waals surface area contributed by atoms with Gasteiger partial charge in [0.1, 0.15) is 11.5 Å². The molecular weight excluding hydrogens is 338 g/mol. The maximum atomic E-state index is 6.02. The molecule has 0 fully saturated rings. The second-order valence-corrected chi connectivity index (χ2v) is 5.97. The number of ether oxygens (including phenoxy) is 1. The van der Waals surface area contributed by atoms with Crippen LogP contribution in [0.4, 0.5) is 5.69 Å². The molecule has 3 heteroatoms. The molecule has 0 radical (unpaired) electrons. The van der Waals surface area contributed by atoms with Gasteiger partial charge in [-0.2, -0.15) is 0 Å². The van der Waals surface area contributed by atoms with Crippen molar-refractivity contribution in [2.75, 3.05) is 5.73 Å². The second-order valence-electron chi connectivity index (χ2n) is 5.05. The number of para-hydroxylation sites is 1. The van der Waals surface area contributed by atoms with Gasteiger partial charge in [0.15, 0.2) is 0 Å². The maximum absolute atomic E-state index is 6.02. The van der Waals surface area contributed by atoms with Crippen LogP contribution in [-0.2, 0) is 6.42 Å². The zero-order valence-electron chi connectivity index (χ0n) is 12.0. The van der Waals surface area contributed by atoms with Crippen molar-refractivity contribution < 1.29 is 4.74 Å². The normalized spacial score (nSPS) is 10.4. The van der Waals surface area contributed by atoms with Gasteiger partial charge in [-0.1, -0.05) is 64.5 Å². The summed E-state index contributed by atoms with van der Waals surface area (Å²) in [5, 5.41) is 0. The Morgan fingerprint density at radius 1 is 0.818 bits per heavy atom. The third kappa shape index (κ3) is 3.49. The van der Waals surface area contributed by atoms with Gasteiger partial charge in [-0.25, -0.2) is 0 Å². The lowest BCUT2D eigenvalue weighted by Crippen LogP contribution is -1.96. The highest BCUT2D eigenvalue weighted by molar-refractivity contribution is 9.10. The molecule has 0 amide bonds. The zero-order chi connectivity index (χ0) is 15.4. The fraction of sp³-hybridized carbons (Fsp3) is 0.0526. The molecule has 0 spiro atoms. The molecule has 2 N–H and O–H groups in total. The molecule has 0 bridgehead atoms. The number of halogens is 1. The van der Waals surface area contributed by atoms with Crippen LogP contribution < -0.4 is 10.5 Å². The Bertz CT molecular complexity index is 771. The van der Waals surface area contributed by atoms with Gasteiger partial charge in [0.25, 0.3) is 0 Å². The molecule has 0 saturated carbocycles. The number of nitrogen functional groups attached to an aromatic ring is 1. The molecule has 0 atom stereocenters. The van der Waals surface area contributed by atoms with Gasteiger partial charge < -0.3 is 10.5 Å². The van der Waals surface area contributed by atoms with Crippen molar-refractivity contribution >= 4 is 21.6 Å². The highest BCUT2D eigenvalue weighted by atomic mass is 79.9. The van der Waals surface area contributed by atoms with Crippen LogP contribution in [0.1, 0.15) is 11.1 Å². The molecule has 0 aliphatic heterocycles. The summed E-state index contributed by atoms with van der Waals surface area (Å²) in [6.45, 7) is 0. The van der Waals surface area contributed by atoms with Crippen molar-refractivity contribution in [3.63, 3.8) is 0 Å². The van der Waals surface area contributed by atoms with E-state index in [1.807, 2.05) is 54.6 Å². The fourth-order valence-electron chi connectivity index (χ4n) is 2.30. The first-order valence-electron chi connectivity index (χ1n) is 7.07. The Labute approximate surface area is 138 Å². The van der Waals surface area contributed by atoms with Crippen LogP contribution >= 0.6 is 15.9 Å². The van der Waals surface area contributed by atoms with Gasteiger partial charge in [-0.3, -0.25) is 0 Å². The predicted octanol–water partition coefficient (Wildman–Crippen LogP) is 5.41. The molecule has 0 heterocycles. The Hall–Kier alpha value is -2.26. The Morgan fingerprint density at radius 3 is 2.32 bits per heavy atom. The average Bonchev–Trinajstić information content (AvgIpc) is 2.53. The predicted molar refractivity (Wildman–Crippen MR) is 94.3 cm³/mol. The van der Waals surface area contributed by atoms with E-state index < -0.39 is 0 Å². The summed E-state index contributed by atoms with van der Waals surface area (Å²) in [5.41, 5.74) is 9.02. The van der Waals surface area contributed by atoms with Crippen LogP contribution in [0.3, 0.4) is 0 Å². The van der Waals surface area contributed by atoms with E-state index in [0.29, 0.717) is 11.4 Å². The smallest absolute Gasteiger partial charge is 0.150 e. The number of benzene rings is 3. The quantitative estimate of drug-likeness (QED) is 0.636. The SMILES string of the molecule is Nc1cc(Br)ccc1Oc1ccccc1Cc1ccccc1. The minimum Gasteiger partial charge on any atom is -0.455 e. The molecular formula is C19H16BrNO. The maximum Gasteiger partial charge on any atom is 0.150 e. The lowest BCUT2D eigenvalue weighted by molar-refractivity contribution is 0.479. The number of rotatable bonds is 4. The molecule has 0 saturated heterocycles. The molecule has 22 heavy (non-hydrogen) atoms. The Kier molecular flexibility index (Phi) is 4.45. The van der Waals surface area contributed by atoms with Crippen LogP contribution in [0.5, 0.6) is 11.5 Å². The second kappa shape index (κ2) is 6.67. The van der Waals surface area contributed by atoms with E-state index in [1.54, 1.807) is 0 Å². The third-order valence-electron chi connectivity index (χ3n) is 3.40. The van der Waals surface area contributed by atoms with E-state index in [-0.39, 0.29) is 0 Å². The average molecular weight is 354 g/mol. The number of nitrogens with two attached hydrogens (primary N) is 1. The third-order valence-corrected chi connectivity index (χ3v) is 3.90. The number of anilines is 1. The van der Waals surface area contributed by atoms with Crippen LogP contribution in [0.15, 0.2) is 77.3 Å². The van der Waals surface area contributed by atoms with E-state index in [2.05, 4.69) is 34.1 Å². The minimum absolute atomic E-state index is 0.615. The highest BCUT2D eigenvalue weighted by Crippen LogP contribution is 2.32. The molecule has 0 unspecified atom stereocenters. The monoisotopic (exact) mass is 353 g/mol. The summed E-state index contributed by atoms with van der Waals surface area (Å²) in [6.07, 6.45) is 0.827. The number of hydrogen-bond donors (Lipinski definition) is 1. The first-order chi connectivity index (χ1) is 10.7. The van der Waals surface area contributed by atoms with Gasteiger partial charge in [0, 0.05) is 10.9 Å². The van der Waals surface area contributed by atoms with Crippen LogP contribution in [0, 0.1) is 0 Å². The molecule has 2 nitrogen and oxygen atoms in total. The molecule has 3 rings (SSSR count). The van der Waals surface area contributed by atoms with Crippen molar-refractivity contribution in [2.24, 2.45) is 0 Å². The van der Waals surface area contributed by atoms with Gasteiger partial charge in [0.2, 0.25) is 0 Å². The lowest BCUT2D eigenvalue weighted by atomic mass is 10.0. The van der Waals surface area contributed by atoms with Gasteiger partial charge in [-0.15, -0.1) is 0 Å². The largest absolute Gasteiger partial charge is 0.455 e. The topological polar surface area (TPSA) is 35.2 Å². The summed E-state index contributed by atoms with van der Waals surface area (Å²) >= 11 is 3.40. The standard InChI is InChI=1S/C19H16BrNO/c20-16-10-11-19(17(21)13-16)22-18-9-5-4-8-15(18)12-14-6-2-1-3-7-14/h1-11,13H,12,21H2. The van der Waals surface area contributed by atoms with Crippen LogP contribution in [0.2, 0.25) is 0 Å². The van der Waals surface area contributed by atoms with Crippen molar-refractivity contribution in [2.45, 2.75) is 6.42 Å². The summed E-state index contributed by atoms with van der Waals surface area (Å²) in [4.78, 5) is 0. The van der Waals surface area contributed by atoms with Crippen molar-refractivity contribution in [1.82, 2.24) is 0 Å². The Balaban J connectivity index is 1.88. The van der Waals surface area contributed by atoms with E-state index in [1.165, 1.54) is 5.56 Å². The van der Waals surface area contributed by atoms with Gasteiger partial charge >= 0.3 is 0 Å². The van der Waals surface area contributed by atoms with Gasteiger partial charge in [-0.05, 0) is 35.4 Å². The summed E-state index contributed by atoms with van der Waals surface area (Å²) in [7, 11) is 0. The first-order valence-corrected chi connectivity index (χ1v) is 7.86. The van der Waals surface area contributed by atoms with Gasteiger partial charge in [0.05, 0.1) is 5.69 Å². The van der Waals surface area contributed by atoms with E-state index in [9.17, 15) is 0 Å². The molecule has 3 aromatic rings. The summed E-state index contributed by atoms with van der Waals surface area (Å²) in [6, 6.07) is 24.0. The zero-order valence-corrected chi connectivity index (χ0v) is 13.6. The lowest BCUT2D eigenvalue weighted by Gasteiger charge is -2.13. The van der Waals surface area contributed by atoms with E-state index >= 15 is 0 Å².